The van der Waals surface area contributed by atoms with Crippen molar-refractivity contribution in [1.82, 2.24) is 0 Å². The van der Waals surface area contributed by atoms with Crippen LogP contribution in [0, 0.1) is 11.3 Å². The molecule has 3 heteroatoms. The highest BCUT2D eigenvalue weighted by Gasteiger charge is 1.98. The van der Waals surface area contributed by atoms with E-state index in [4.69, 9.17) is 5.26 Å². The largest absolute Gasteiger partial charge is 0.197 e. The van der Waals surface area contributed by atoms with Crippen molar-refractivity contribution in [3.05, 3.63) is 24.3 Å². The molecule has 0 atom stereocenters. The fourth-order valence-electron chi connectivity index (χ4n) is 0.848. The molecular formula is C9H9NS2. The van der Waals surface area contributed by atoms with Gasteiger partial charge in [0.1, 0.15) is 0 Å². The van der Waals surface area contributed by atoms with E-state index in [0.717, 1.165) is 0 Å². The predicted octanol–water partition coefficient (Wildman–Crippen LogP) is 3.02. The third-order valence-corrected chi connectivity index (χ3v) is 3.23. The zero-order valence-electron chi connectivity index (χ0n) is 6.78. The molecule has 0 bridgehead atoms. The first-order chi connectivity index (χ1) is 5.88. The van der Waals surface area contributed by atoms with Crippen LogP contribution < -0.4 is 0 Å². The van der Waals surface area contributed by atoms with E-state index in [1.54, 1.807) is 23.5 Å². The molecule has 0 N–H and O–H groups in total. The average molecular weight is 195 g/mol. The van der Waals surface area contributed by atoms with Crippen LogP contribution in [-0.4, -0.2) is 12.0 Å². The van der Waals surface area contributed by atoms with E-state index < -0.39 is 0 Å². The maximum absolute atomic E-state index is 8.41. The molecule has 12 heavy (non-hydrogen) atoms. The Morgan fingerprint density at radius 3 is 2.58 bits per heavy atom. The molecule has 0 aromatic heterocycles. The van der Waals surface area contributed by atoms with Crippen LogP contribution in [0.5, 0.6) is 0 Å². The Balaban J connectivity index is 2.76. The van der Waals surface area contributed by atoms with E-state index in [1.807, 2.05) is 24.5 Å². The van der Waals surface area contributed by atoms with Gasteiger partial charge in [-0.15, -0.1) is 23.5 Å². The zero-order chi connectivity index (χ0) is 8.81. The maximum Gasteiger partial charge on any atom is 0.0855 e. The van der Waals surface area contributed by atoms with Crippen molar-refractivity contribution in [2.75, 3.05) is 12.0 Å². The van der Waals surface area contributed by atoms with Crippen molar-refractivity contribution in [3.8, 4) is 6.07 Å². The summed E-state index contributed by atoms with van der Waals surface area (Å²) in [6, 6.07) is 10.3. The number of benzene rings is 1. The van der Waals surface area contributed by atoms with Gasteiger partial charge >= 0.3 is 0 Å². The van der Waals surface area contributed by atoms with E-state index in [0.29, 0.717) is 5.75 Å². The van der Waals surface area contributed by atoms with Crippen molar-refractivity contribution in [1.29, 1.82) is 5.26 Å². The fraction of sp³-hybridized carbons (Fsp3) is 0.222. The van der Waals surface area contributed by atoms with Crippen LogP contribution >= 0.6 is 23.5 Å². The van der Waals surface area contributed by atoms with Gasteiger partial charge in [0.2, 0.25) is 0 Å². The van der Waals surface area contributed by atoms with Gasteiger partial charge in [-0.2, -0.15) is 5.26 Å². The minimum absolute atomic E-state index is 0.525. The third-order valence-electron chi connectivity index (χ3n) is 1.36. The lowest BCUT2D eigenvalue weighted by Gasteiger charge is -2.02. The van der Waals surface area contributed by atoms with Crippen LogP contribution in [-0.2, 0) is 0 Å². The summed E-state index contributed by atoms with van der Waals surface area (Å²) in [5.41, 5.74) is 0. The number of hydrogen-bond donors (Lipinski definition) is 0. The van der Waals surface area contributed by atoms with Gasteiger partial charge < -0.3 is 0 Å². The molecule has 0 radical (unpaired) electrons. The molecule has 1 aromatic carbocycles. The molecule has 62 valence electrons. The number of hydrogen-bond acceptors (Lipinski definition) is 3. The summed E-state index contributed by atoms with van der Waals surface area (Å²) in [5.74, 6) is 0.525. The van der Waals surface area contributed by atoms with E-state index in [-0.39, 0.29) is 0 Å². The number of rotatable bonds is 3. The van der Waals surface area contributed by atoms with Crippen LogP contribution in [0.1, 0.15) is 0 Å². The van der Waals surface area contributed by atoms with Crippen LogP contribution in [0.4, 0.5) is 0 Å². The highest BCUT2D eigenvalue weighted by Crippen LogP contribution is 2.28. The van der Waals surface area contributed by atoms with Gasteiger partial charge in [-0.25, -0.2) is 0 Å². The van der Waals surface area contributed by atoms with Crippen molar-refractivity contribution in [2.24, 2.45) is 0 Å². The van der Waals surface area contributed by atoms with Gasteiger partial charge in [0, 0.05) is 9.79 Å². The minimum atomic E-state index is 0.525. The van der Waals surface area contributed by atoms with E-state index >= 15 is 0 Å². The topological polar surface area (TPSA) is 23.8 Å². The Kier molecular flexibility index (Phi) is 4.06. The molecule has 1 rings (SSSR count). The molecule has 0 saturated heterocycles. The summed E-state index contributed by atoms with van der Waals surface area (Å²) in [4.78, 5) is 2.45. The first-order valence-corrected chi connectivity index (χ1v) is 5.72. The fourth-order valence-corrected chi connectivity index (χ4v) is 2.36. The minimum Gasteiger partial charge on any atom is -0.197 e. The Labute approximate surface area is 81.2 Å². The van der Waals surface area contributed by atoms with E-state index in [9.17, 15) is 0 Å². The van der Waals surface area contributed by atoms with Gasteiger partial charge in [0.25, 0.3) is 0 Å². The molecule has 0 spiro atoms. The smallest absolute Gasteiger partial charge is 0.0855 e. The summed E-state index contributed by atoms with van der Waals surface area (Å²) in [7, 11) is 0. The van der Waals surface area contributed by atoms with Gasteiger partial charge in [-0.1, -0.05) is 12.1 Å². The Morgan fingerprint density at radius 2 is 2.00 bits per heavy atom. The lowest BCUT2D eigenvalue weighted by Crippen LogP contribution is -1.77. The summed E-state index contributed by atoms with van der Waals surface area (Å²) in [5, 5.41) is 8.41. The molecule has 1 aromatic rings. The molecule has 0 aliphatic rings. The van der Waals surface area contributed by atoms with Gasteiger partial charge in [0.05, 0.1) is 11.8 Å². The average Bonchev–Trinajstić information content (AvgIpc) is 2.15. The zero-order valence-corrected chi connectivity index (χ0v) is 8.41. The molecule has 0 unspecified atom stereocenters. The molecule has 1 nitrogen and oxygen atoms in total. The van der Waals surface area contributed by atoms with Gasteiger partial charge in [0.15, 0.2) is 0 Å². The standard InChI is InChI=1S/C9H9NS2/c1-11-8-4-2-3-5-9(8)12-7-6-10/h2-5H,7H2,1H3. The van der Waals surface area contributed by atoms with Crippen LogP contribution in [0.3, 0.4) is 0 Å². The number of nitrogens with zero attached hydrogens (tertiary/aromatic N) is 1. The lowest BCUT2D eigenvalue weighted by atomic mass is 10.4. The Hall–Kier alpha value is -0.590. The summed E-state index contributed by atoms with van der Waals surface area (Å²) in [6.07, 6.45) is 2.05. The summed E-state index contributed by atoms with van der Waals surface area (Å²) in [6.45, 7) is 0. The van der Waals surface area contributed by atoms with Crippen LogP contribution in [0.25, 0.3) is 0 Å². The maximum atomic E-state index is 8.41. The molecular weight excluding hydrogens is 186 g/mol. The van der Waals surface area contributed by atoms with Gasteiger partial charge in [-0.3, -0.25) is 0 Å². The molecule has 0 aliphatic carbocycles. The quantitative estimate of drug-likeness (QED) is 0.693. The molecule has 0 heterocycles. The predicted molar refractivity (Wildman–Crippen MR) is 54.6 cm³/mol. The molecule has 0 saturated carbocycles. The van der Waals surface area contributed by atoms with Crippen LogP contribution in [0.2, 0.25) is 0 Å². The van der Waals surface area contributed by atoms with E-state index in [2.05, 4.69) is 12.1 Å². The van der Waals surface area contributed by atoms with Crippen molar-refractivity contribution in [3.63, 3.8) is 0 Å². The number of thioether (sulfide) groups is 2. The van der Waals surface area contributed by atoms with Gasteiger partial charge in [-0.05, 0) is 18.4 Å². The second-order valence-electron chi connectivity index (χ2n) is 2.10. The number of nitriles is 1. The monoisotopic (exact) mass is 195 g/mol. The summed E-state index contributed by atoms with van der Waals surface area (Å²) >= 11 is 3.31. The molecule has 0 aliphatic heterocycles. The third kappa shape index (κ3) is 2.47. The first-order valence-electron chi connectivity index (χ1n) is 3.51. The lowest BCUT2D eigenvalue weighted by molar-refractivity contribution is 1.25. The SMILES string of the molecule is CSc1ccccc1SCC#N. The van der Waals surface area contributed by atoms with Crippen molar-refractivity contribution in [2.45, 2.75) is 9.79 Å². The first kappa shape index (κ1) is 9.50. The van der Waals surface area contributed by atoms with Crippen LogP contribution in [0.15, 0.2) is 34.1 Å². The van der Waals surface area contributed by atoms with Crippen molar-refractivity contribution < 1.29 is 0 Å². The Morgan fingerprint density at radius 1 is 1.33 bits per heavy atom. The Bertz CT molecular complexity index is 291. The highest BCUT2D eigenvalue weighted by atomic mass is 32.2. The highest BCUT2D eigenvalue weighted by molar-refractivity contribution is 8.02. The summed E-state index contributed by atoms with van der Waals surface area (Å²) < 4.78 is 0. The second-order valence-corrected chi connectivity index (χ2v) is 3.96. The molecule has 0 fully saturated rings. The molecule has 0 amide bonds. The van der Waals surface area contributed by atoms with E-state index in [1.165, 1.54) is 9.79 Å². The normalized spacial score (nSPS) is 9.33. The second kappa shape index (κ2) is 5.13. The van der Waals surface area contributed by atoms with Crippen molar-refractivity contribution >= 4 is 23.5 Å².